The van der Waals surface area contributed by atoms with E-state index in [1.807, 2.05) is 18.2 Å². The van der Waals surface area contributed by atoms with E-state index in [1.54, 1.807) is 13.1 Å². The number of rotatable bonds is 5. The molecule has 0 radical (unpaired) electrons. The van der Waals surface area contributed by atoms with Gasteiger partial charge in [0.05, 0.1) is 16.8 Å². The van der Waals surface area contributed by atoms with Crippen LogP contribution in [0.3, 0.4) is 0 Å². The van der Waals surface area contributed by atoms with E-state index < -0.39 is 0 Å². The van der Waals surface area contributed by atoms with Gasteiger partial charge in [-0.3, -0.25) is 9.59 Å². The first-order valence-electron chi connectivity index (χ1n) is 4.94. The molecule has 4 nitrogen and oxygen atoms in total. The first kappa shape index (κ1) is 12.7. The topological polar surface area (TPSA) is 59.1 Å². The second-order valence-corrected chi connectivity index (χ2v) is 4.71. The van der Waals surface area contributed by atoms with Crippen LogP contribution in [0.2, 0.25) is 0 Å². The van der Waals surface area contributed by atoms with Crippen molar-refractivity contribution >= 4 is 23.5 Å². The number of Topliss-reactive ketones (excluding diaryl/α,β-unsaturated/α-hetero) is 1. The number of nitrogens with zero attached hydrogens (tertiary/aromatic N) is 1. The molecule has 0 aliphatic heterocycles. The molecule has 0 saturated carbocycles. The van der Waals surface area contributed by atoms with Crippen LogP contribution in [0.5, 0.6) is 0 Å². The van der Waals surface area contributed by atoms with Crippen LogP contribution in [0.25, 0.3) is 0 Å². The maximum atomic E-state index is 11.5. The van der Waals surface area contributed by atoms with E-state index in [0.29, 0.717) is 0 Å². The normalized spacial score (nSPS) is 11.9. The Kier molecular flexibility index (Phi) is 4.98. The molecule has 0 aromatic carbocycles. The highest BCUT2D eigenvalue weighted by Crippen LogP contribution is 2.20. The van der Waals surface area contributed by atoms with Crippen LogP contribution in [0.4, 0.5) is 0 Å². The van der Waals surface area contributed by atoms with E-state index in [2.05, 4.69) is 10.3 Å². The van der Waals surface area contributed by atoms with Crippen molar-refractivity contribution in [3.05, 3.63) is 24.4 Å². The number of pyridine rings is 1. The van der Waals surface area contributed by atoms with E-state index in [-0.39, 0.29) is 23.5 Å². The summed E-state index contributed by atoms with van der Waals surface area (Å²) in [5.41, 5.74) is 0. The number of aromatic nitrogens is 1. The number of nitrogens with one attached hydrogen (secondary N) is 1. The first-order valence-corrected chi connectivity index (χ1v) is 5.82. The van der Waals surface area contributed by atoms with Gasteiger partial charge < -0.3 is 5.32 Å². The van der Waals surface area contributed by atoms with E-state index in [9.17, 15) is 9.59 Å². The molecule has 0 fully saturated rings. The average molecular weight is 238 g/mol. The van der Waals surface area contributed by atoms with Gasteiger partial charge in [0.15, 0.2) is 0 Å². The van der Waals surface area contributed by atoms with Gasteiger partial charge in [0.25, 0.3) is 0 Å². The van der Waals surface area contributed by atoms with Crippen LogP contribution in [0.15, 0.2) is 29.4 Å². The highest BCUT2D eigenvalue weighted by molar-refractivity contribution is 8.00. The molecule has 1 N–H and O–H groups in total. The molecule has 1 rings (SSSR count). The molecule has 0 bridgehead atoms. The van der Waals surface area contributed by atoms with Gasteiger partial charge in [0, 0.05) is 6.20 Å². The summed E-state index contributed by atoms with van der Waals surface area (Å²) in [6.07, 6.45) is 1.68. The smallest absolute Gasteiger partial charge is 0.233 e. The average Bonchev–Trinajstić information content (AvgIpc) is 2.27. The summed E-state index contributed by atoms with van der Waals surface area (Å²) in [5, 5.41) is 3.11. The summed E-state index contributed by atoms with van der Waals surface area (Å²) in [6, 6.07) is 5.54. The van der Waals surface area contributed by atoms with Gasteiger partial charge in [-0.05, 0) is 26.0 Å². The lowest BCUT2D eigenvalue weighted by molar-refractivity contribution is -0.123. The van der Waals surface area contributed by atoms with Gasteiger partial charge in [-0.15, -0.1) is 0 Å². The third-order valence-electron chi connectivity index (χ3n) is 1.82. The molecule has 0 unspecified atom stereocenters. The summed E-state index contributed by atoms with van der Waals surface area (Å²) in [4.78, 5) is 26.3. The summed E-state index contributed by atoms with van der Waals surface area (Å²) in [7, 11) is 0. The first-order chi connectivity index (χ1) is 7.59. The number of thioether (sulfide) groups is 1. The Morgan fingerprint density at radius 3 is 2.81 bits per heavy atom. The molecule has 0 saturated heterocycles. The van der Waals surface area contributed by atoms with Crippen molar-refractivity contribution in [2.45, 2.75) is 24.1 Å². The van der Waals surface area contributed by atoms with Crippen LogP contribution in [-0.2, 0) is 9.59 Å². The predicted molar refractivity (Wildman–Crippen MR) is 63.2 cm³/mol. The maximum Gasteiger partial charge on any atom is 0.233 e. The minimum absolute atomic E-state index is 0.0524. The van der Waals surface area contributed by atoms with Gasteiger partial charge in [-0.1, -0.05) is 17.8 Å². The van der Waals surface area contributed by atoms with Gasteiger partial charge >= 0.3 is 0 Å². The van der Waals surface area contributed by atoms with Crippen LogP contribution >= 0.6 is 11.8 Å². The molecular weight excluding hydrogens is 224 g/mol. The van der Waals surface area contributed by atoms with E-state index in [0.717, 1.165) is 5.03 Å². The number of hydrogen-bond donors (Lipinski definition) is 1. The SMILES string of the molecule is CC(=O)CNC(=O)[C@@H](C)Sc1ccccn1. The second kappa shape index (κ2) is 6.27. The quantitative estimate of drug-likeness (QED) is 0.785. The third kappa shape index (κ3) is 4.44. The minimum Gasteiger partial charge on any atom is -0.348 e. The molecule has 1 atom stereocenters. The highest BCUT2D eigenvalue weighted by atomic mass is 32.2. The molecule has 0 aliphatic carbocycles. The Balaban J connectivity index is 2.43. The Hall–Kier alpha value is -1.36. The van der Waals surface area contributed by atoms with Crippen molar-refractivity contribution in [1.82, 2.24) is 10.3 Å². The Labute approximate surface area is 98.8 Å². The molecule has 86 valence electrons. The van der Waals surface area contributed by atoms with Crippen molar-refractivity contribution < 1.29 is 9.59 Å². The molecule has 5 heteroatoms. The number of hydrogen-bond acceptors (Lipinski definition) is 4. The largest absolute Gasteiger partial charge is 0.348 e. The summed E-state index contributed by atoms with van der Waals surface area (Å²) in [5.74, 6) is -0.200. The third-order valence-corrected chi connectivity index (χ3v) is 2.87. The Morgan fingerprint density at radius 1 is 1.50 bits per heavy atom. The molecule has 0 aliphatic rings. The van der Waals surface area contributed by atoms with Crippen molar-refractivity contribution in [3.8, 4) is 0 Å². The summed E-state index contributed by atoms with van der Waals surface area (Å²) < 4.78 is 0. The molecule has 1 heterocycles. The monoisotopic (exact) mass is 238 g/mol. The standard InChI is InChI=1S/C11H14N2O2S/c1-8(14)7-13-11(15)9(2)16-10-5-3-4-6-12-10/h3-6,9H,7H2,1-2H3,(H,13,15)/t9-/m1/s1. The van der Waals surface area contributed by atoms with Crippen LogP contribution < -0.4 is 5.32 Å². The van der Waals surface area contributed by atoms with Gasteiger partial charge in [0.1, 0.15) is 5.78 Å². The zero-order chi connectivity index (χ0) is 12.0. The van der Waals surface area contributed by atoms with Crippen molar-refractivity contribution in [1.29, 1.82) is 0 Å². The molecular formula is C11H14N2O2S. The molecule has 1 amide bonds. The lowest BCUT2D eigenvalue weighted by Gasteiger charge is -2.10. The summed E-state index contributed by atoms with van der Waals surface area (Å²) in [6.45, 7) is 3.32. The second-order valence-electron chi connectivity index (χ2n) is 3.35. The van der Waals surface area contributed by atoms with Gasteiger partial charge in [0.2, 0.25) is 5.91 Å². The van der Waals surface area contributed by atoms with E-state index >= 15 is 0 Å². The molecule has 1 aromatic rings. The number of carbonyl (C=O) groups is 2. The zero-order valence-electron chi connectivity index (χ0n) is 9.27. The predicted octanol–water partition coefficient (Wildman–Crippen LogP) is 1.27. The van der Waals surface area contributed by atoms with Crippen molar-refractivity contribution in [2.75, 3.05) is 6.54 Å². The lowest BCUT2D eigenvalue weighted by Crippen LogP contribution is -2.34. The Bertz CT molecular complexity index is 368. The van der Waals surface area contributed by atoms with Crippen molar-refractivity contribution in [2.24, 2.45) is 0 Å². The van der Waals surface area contributed by atoms with Crippen LogP contribution in [-0.4, -0.2) is 28.5 Å². The van der Waals surface area contributed by atoms with E-state index in [1.165, 1.54) is 18.7 Å². The number of amides is 1. The minimum atomic E-state index is -0.255. The molecule has 1 aromatic heterocycles. The fourth-order valence-electron chi connectivity index (χ4n) is 1.01. The number of carbonyl (C=O) groups excluding carboxylic acids is 2. The zero-order valence-corrected chi connectivity index (χ0v) is 10.1. The Morgan fingerprint density at radius 2 is 2.25 bits per heavy atom. The fourth-order valence-corrected chi connectivity index (χ4v) is 1.84. The van der Waals surface area contributed by atoms with Crippen LogP contribution in [0, 0.1) is 0 Å². The molecule has 16 heavy (non-hydrogen) atoms. The molecule has 0 spiro atoms. The summed E-state index contributed by atoms with van der Waals surface area (Å²) >= 11 is 1.37. The number of ketones is 1. The maximum absolute atomic E-state index is 11.5. The highest BCUT2D eigenvalue weighted by Gasteiger charge is 2.14. The van der Waals surface area contributed by atoms with E-state index in [4.69, 9.17) is 0 Å². The van der Waals surface area contributed by atoms with Gasteiger partial charge in [-0.25, -0.2) is 4.98 Å². The lowest BCUT2D eigenvalue weighted by atomic mass is 10.4. The van der Waals surface area contributed by atoms with Crippen molar-refractivity contribution in [3.63, 3.8) is 0 Å². The van der Waals surface area contributed by atoms with Gasteiger partial charge in [-0.2, -0.15) is 0 Å². The van der Waals surface area contributed by atoms with Crippen LogP contribution in [0.1, 0.15) is 13.8 Å². The fraction of sp³-hybridized carbons (Fsp3) is 0.364.